The van der Waals surface area contributed by atoms with Crippen molar-refractivity contribution in [3.63, 3.8) is 0 Å². The summed E-state index contributed by atoms with van der Waals surface area (Å²) in [4.78, 5) is 1.48. The molecule has 0 unspecified atom stereocenters. The van der Waals surface area contributed by atoms with Gasteiger partial charge in [-0.05, 0) is 29.2 Å². The maximum atomic E-state index is 4.17. The molecule has 0 saturated heterocycles. The molecule has 2 aromatic rings. The maximum Gasteiger partial charge on any atom is 0.193 e. The Morgan fingerprint density at radius 2 is 1.83 bits per heavy atom. The number of anilines is 1. The minimum absolute atomic E-state index is 0.609. The highest BCUT2D eigenvalue weighted by Gasteiger charge is 2.07. The molecule has 0 aliphatic heterocycles. The van der Waals surface area contributed by atoms with Crippen molar-refractivity contribution in [3.8, 4) is 0 Å². The summed E-state index contributed by atoms with van der Waals surface area (Å²) in [6, 6.07) is 6.43. The molecule has 5 nitrogen and oxygen atoms in total. The highest BCUT2D eigenvalue weighted by molar-refractivity contribution is 5.57. The van der Waals surface area contributed by atoms with Crippen molar-refractivity contribution in [1.82, 2.24) is 20.2 Å². The summed E-state index contributed by atoms with van der Waals surface area (Å²) in [5.41, 5.74) is 3.88. The molecule has 5 heteroatoms. The normalized spacial score (nSPS) is 10.6. The summed E-state index contributed by atoms with van der Waals surface area (Å²) in [6.07, 6.45) is 2.04. The number of aryl methyl sites for hydroxylation is 3. The zero-order valence-electron chi connectivity index (χ0n) is 11.1. The molecule has 96 valence electrons. The number of nitrogens with zero attached hydrogens (tertiary/aromatic N) is 4. The van der Waals surface area contributed by atoms with Crippen molar-refractivity contribution < 1.29 is 0 Å². The predicted molar refractivity (Wildman–Crippen MR) is 71.3 cm³/mol. The molecular weight excluding hydrogens is 226 g/mol. The van der Waals surface area contributed by atoms with Gasteiger partial charge in [0.15, 0.2) is 5.82 Å². The van der Waals surface area contributed by atoms with Crippen molar-refractivity contribution in [1.29, 1.82) is 0 Å². The van der Waals surface area contributed by atoms with E-state index in [0.717, 1.165) is 12.8 Å². The van der Waals surface area contributed by atoms with E-state index >= 15 is 0 Å². The van der Waals surface area contributed by atoms with Gasteiger partial charge in [0, 0.05) is 5.69 Å². The van der Waals surface area contributed by atoms with E-state index in [1.165, 1.54) is 21.6 Å². The van der Waals surface area contributed by atoms with Crippen LogP contribution in [0, 0.1) is 0 Å². The number of hydrogen-bond acceptors (Lipinski definition) is 4. The first-order valence-corrected chi connectivity index (χ1v) is 6.32. The molecule has 0 aliphatic rings. The molecule has 0 atom stereocenters. The van der Waals surface area contributed by atoms with Crippen molar-refractivity contribution in [2.75, 3.05) is 5.32 Å². The van der Waals surface area contributed by atoms with Crippen LogP contribution in [0.15, 0.2) is 18.2 Å². The Hall–Kier alpha value is -1.91. The second kappa shape index (κ2) is 5.62. The molecular formula is C13H19N5. The zero-order valence-corrected chi connectivity index (χ0v) is 11.1. The van der Waals surface area contributed by atoms with Crippen LogP contribution < -0.4 is 5.32 Å². The van der Waals surface area contributed by atoms with Crippen LogP contribution in [0.25, 0.3) is 0 Å². The smallest absolute Gasteiger partial charge is 0.193 e. The summed E-state index contributed by atoms with van der Waals surface area (Å²) in [5, 5.41) is 15.4. The fourth-order valence-electron chi connectivity index (χ4n) is 2.03. The number of para-hydroxylation sites is 1. The minimum atomic E-state index is 0.609. The fraction of sp³-hybridized carbons (Fsp3) is 0.462. The van der Waals surface area contributed by atoms with Gasteiger partial charge < -0.3 is 5.32 Å². The number of benzene rings is 1. The van der Waals surface area contributed by atoms with Crippen LogP contribution in [-0.4, -0.2) is 20.2 Å². The second-order valence-corrected chi connectivity index (χ2v) is 4.21. The standard InChI is InChI=1S/C13H19N5/c1-4-10-7-6-8-11(5-2)13(10)14-9-12-15-17-18(3)16-12/h6-8,14H,4-5,9H2,1-3H3. The Bertz CT molecular complexity index is 496. The van der Waals surface area contributed by atoms with Gasteiger partial charge in [-0.3, -0.25) is 0 Å². The molecule has 1 aromatic carbocycles. The summed E-state index contributed by atoms with van der Waals surface area (Å²) in [7, 11) is 1.77. The molecule has 2 rings (SSSR count). The highest BCUT2D eigenvalue weighted by Crippen LogP contribution is 2.22. The van der Waals surface area contributed by atoms with Crippen LogP contribution in [0.3, 0.4) is 0 Å². The average molecular weight is 245 g/mol. The van der Waals surface area contributed by atoms with Gasteiger partial charge >= 0.3 is 0 Å². The molecule has 0 amide bonds. The quantitative estimate of drug-likeness (QED) is 0.874. The number of aromatic nitrogens is 4. The SMILES string of the molecule is CCc1cccc(CC)c1NCc1nnn(C)n1. The molecule has 0 aliphatic carbocycles. The summed E-state index contributed by atoms with van der Waals surface area (Å²) >= 11 is 0. The molecule has 0 saturated carbocycles. The second-order valence-electron chi connectivity index (χ2n) is 4.21. The average Bonchev–Trinajstić information content (AvgIpc) is 2.81. The van der Waals surface area contributed by atoms with E-state index in [1.54, 1.807) is 7.05 Å². The van der Waals surface area contributed by atoms with E-state index in [0.29, 0.717) is 12.4 Å². The fourth-order valence-corrected chi connectivity index (χ4v) is 2.03. The first-order valence-electron chi connectivity index (χ1n) is 6.32. The summed E-state index contributed by atoms with van der Waals surface area (Å²) < 4.78 is 0. The third-order valence-electron chi connectivity index (χ3n) is 2.97. The molecule has 0 fully saturated rings. The predicted octanol–water partition coefficient (Wildman–Crippen LogP) is 1.95. The maximum absolute atomic E-state index is 4.17. The topological polar surface area (TPSA) is 55.6 Å². The lowest BCUT2D eigenvalue weighted by Gasteiger charge is -2.14. The van der Waals surface area contributed by atoms with Gasteiger partial charge in [-0.25, -0.2) is 0 Å². The largest absolute Gasteiger partial charge is 0.377 e. The highest BCUT2D eigenvalue weighted by atomic mass is 15.6. The van der Waals surface area contributed by atoms with Crippen LogP contribution >= 0.6 is 0 Å². The van der Waals surface area contributed by atoms with Crippen LogP contribution in [0.1, 0.15) is 30.8 Å². The minimum Gasteiger partial charge on any atom is -0.377 e. The molecule has 0 bridgehead atoms. The zero-order chi connectivity index (χ0) is 13.0. The van der Waals surface area contributed by atoms with E-state index < -0.39 is 0 Å². The van der Waals surface area contributed by atoms with Gasteiger partial charge in [-0.15, -0.1) is 10.2 Å². The number of nitrogens with one attached hydrogen (secondary N) is 1. The molecule has 0 radical (unpaired) electrons. The van der Waals surface area contributed by atoms with Gasteiger partial charge in [0.05, 0.1) is 13.6 Å². The van der Waals surface area contributed by atoms with Gasteiger partial charge in [0.25, 0.3) is 0 Å². The first kappa shape index (κ1) is 12.5. The van der Waals surface area contributed by atoms with Crippen molar-refractivity contribution >= 4 is 5.69 Å². The van der Waals surface area contributed by atoms with E-state index in [1.807, 2.05) is 0 Å². The Morgan fingerprint density at radius 3 is 2.33 bits per heavy atom. The van der Waals surface area contributed by atoms with Crippen molar-refractivity contribution in [2.24, 2.45) is 7.05 Å². The van der Waals surface area contributed by atoms with Crippen LogP contribution in [-0.2, 0) is 26.4 Å². The third-order valence-corrected chi connectivity index (χ3v) is 2.97. The Labute approximate surface area is 107 Å². The van der Waals surface area contributed by atoms with E-state index in [9.17, 15) is 0 Å². The van der Waals surface area contributed by atoms with E-state index in [4.69, 9.17) is 0 Å². The van der Waals surface area contributed by atoms with Crippen LogP contribution in [0.4, 0.5) is 5.69 Å². The lowest BCUT2D eigenvalue weighted by molar-refractivity contribution is 0.628. The van der Waals surface area contributed by atoms with Crippen molar-refractivity contribution in [2.45, 2.75) is 33.2 Å². The summed E-state index contributed by atoms with van der Waals surface area (Å²) in [5.74, 6) is 0.713. The Kier molecular flexibility index (Phi) is 3.92. The summed E-state index contributed by atoms with van der Waals surface area (Å²) in [6.45, 7) is 4.94. The first-order chi connectivity index (χ1) is 8.74. The number of tetrazole rings is 1. The molecule has 1 heterocycles. The Morgan fingerprint density at radius 1 is 1.17 bits per heavy atom. The Balaban J connectivity index is 2.17. The van der Waals surface area contributed by atoms with E-state index in [2.05, 4.69) is 52.8 Å². The van der Waals surface area contributed by atoms with Gasteiger partial charge in [-0.1, -0.05) is 32.0 Å². The lowest BCUT2D eigenvalue weighted by atomic mass is 10.0. The van der Waals surface area contributed by atoms with Gasteiger partial charge in [-0.2, -0.15) is 4.80 Å². The lowest BCUT2D eigenvalue weighted by Crippen LogP contribution is -2.07. The number of rotatable bonds is 5. The van der Waals surface area contributed by atoms with Crippen molar-refractivity contribution in [3.05, 3.63) is 35.2 Å². The molecule has 1 aromatic heterocycles. The third kappa shape index (κ3) is 2.67. The number of hydrogen-bond donors (Lipinski definition) is 1. The molecule has 1 N–H and O–H groups in total. The van der Waals surface area contributed by atoms with Crippen LogP contribution in [0.5, 0.6) is 0 Å². The monoisotopic (exact) mass is 245 g/mol. The van der Waals surface area contributed by atoms with Crippen LogP contribution in [0.2, 0.25) is 0 Å². The molecule has 18 heavy (non-hydrogen) atoms. The van der Waals surface area contributed by atoms with Gasteiger partial charge in [0.2, 0.25) is 0 Å². The van der Waals surface area contributed by atoms with Gasteiger partial charge in [0.1, 0.15) is 0 Å². The van der Waals surface area contributed by atoms with E-state index in [-0.39, 0.29) is 0 Å². The molecule has 0 spiro atoms.